The summed E-state index contributed by atoms with van der Waals surface area (Å²) in [7, 11) is 0. The molecule has 2 aromatic carbocycles. The van der Waals surface area contributed by atoms with Gasteiger partial charge in [-0.1, -0.05) is 12.1 Å². The number of halogens is 1. The summed E-state index contributed by atoms with van der Waals surface area (Å²) in [5.74, 6) is 0.0127. The third-order valence-corrected chi connectivity index (χ3v) is 7.69. The molecule has 10 heteroatoms. The van der Waals surface area contributed by atoms with E-state index in [1.807, 2.05) is 12.1 Å². The number of nitrogens with one attached hydrogen (secondary N) is 2. The molecule has 3 amide bonds. The first-order valence-corrected chi connectivity index (χ1v) is 14.4. The average Bonchev–Trinajstić information content (AvgIpc) is 3.00. The molecule has 220 valence electrons. The summed E-state index contributed by atoms with van der Waals surface area (Å²) in [5, 5.41) is 5.82. The maximum Gasteiger partial charge on any atom is 0.272 e. The first-order chi connectivity index (χ1) is 20.3. The molecule has 0 aliphatic carbocycles. The summed E-state index contributed by atoms with van der Waals surface area (Å²) in [4.78, 5) is 45.4. The molecule has 2 N–H and O–H groups in total. The van der Waals surface area contributed by atoms with E-state index >= 15 is 0 Å². The standard InChI is InChI=1S/C32H36FN5O4/c1-22(39)35-26-7-9-28(10-8-26)42-29-14-18-38(19-15-29)32(41)30-11-4-24(20-34-30)31(40)36-27-12-16-37(17-13-27)21-23-2-5-25(33)6-3-23/h2-11,20,27,29H,12-19,21H2,1H3,(H,35,39)(H,36,40). The van der Waals surface area contributed by atoms with Crippen molar-refractivity contribution in [2.45, 2.75) is 51.3 Å². The van der Waals surface area contributed by atoms with Crippen LogP contribution < -0.4 is 15.4 Å². The molecule has 3 aromatic rings. The van der Waals surface area contributed by atoms with Crippen molar-refractivity contribution in [1.29, 1.82) is 0 Å². The number of aromatic nitrogens is 1. The van der Waals surface area contributed by atoms with Gasteiger partial charge in [0.25, 0.3) is 11.8 Å². The first kappa shape index (κ1) is 29.2. The van der Waals surface area contributed by atoms with Gasteiger partial charge in [-0.2, -0.15) is 0 Å². The fourth-order valence-electron chi connectivity index (χ4n) is 5.36. The minimum Gasteiger partial charge on any atom is -0.490 e. The van der Waals surface area contributed by atoms with E-state index in [0.717, 1.165) is 43.8 Å². The van der Waals surface area contributed by atoms with Gasteiger partial charge in [0.2, 0.25) is 5.91 Å². The summed E-state index contributed by atoms with van der Waals surface area (Å²) < 4.78 is 19.2. The van der Waals surface area contributed by atoms with Crippen molar-refractivity contribution in [3.8, 4) is 5.75 Å². The van der Waals surface area contributed by atoms with Crippen molar-refractivity contribution in [3.63, 3.8) is 0 Å². The van der Waals surface area contributed by atoms with E-state index in [0.29, 0.717) is 42.9 Å². The lowest BCUT2D eigenvalue weighted by Gasteiger charge is -2.32. The summed E-state index contributed by atoms with van der Waals surface area (Å²) in [6, 6.07) is 17.1. The number of hydrogen-bond acceptors (Lipinski definition) is 6. The number of benzene rings is 2. The number of rotatable bonds is 8. The SMILES string of the molecule is CC(=O)Nc1ccc(OC2CCN(C(=O)c3ccc(C(=O)NC4CCN(Cc5ccc(F)cc5)CC4)cn3)CC2)cc1. The largest absolute Gasteiger partial charge is 0.490 e. The van der Waals surface area contributed by atoms with Crippen LogP contribution >= 0.6 is 0 Å². The van der Waals surface area contributed by atoms with E-state index in [9.17, 15) is 18.8 Å². The maximum absolute atomic E-state index is 13.1. The molecule has 2 saturated heterocycles. The lowest BCUT2D eigenvalue weighted by Crippen LogP contribution is -2.44. The van der Waals surface area contributed by atoms with Crippen LogP contribution in [0.25, 0.3) is 0 Å². The minimum absolute atomic E-state index is 0.00511. The number of ether oxygens (including phenoxy) is 1. The van der Waals surface area contributed by atoms with Gasteiger partial charge in [-0.15, -0.1) is 0 Å². The van der Waals surface area contributed by atoms with Gasteiger partial charge in [0.15, 0.2) is 0 Å². The van der Waals surface area contributed by atoms with E-state index < -0.39 is 0 Å². The Kier molecular flexibility index (Phi) is 9.43. The van der Waals surface area contributed by atoms with Gasteiger partial charge in [0.05, 0.1) is 5.56 Å². The molecule has 1 aromatic heterocycles. The van der Waals surface area contributed by atoms with Crippen molar-refractivity contribution < 1.29 is 23.5 Å². The van der Waals surface area contributed by atoms with Crippen LogP contribution in [0.5, 0.6) is 5.75 Å². The predicted octanol–water partition coefficient (Wildman–Crippen LogP) is 4.26. The molecule has 2 fully saturated rings. The monoisotopic (exact) mass is 573 g/mol. The molecule has 9 nitrogen and oxygen atoms in total. The number of nitrogens with zero attached hydrogens (tertiary/aromatic N) is 3. The molecule has 0 unspecified atom stereocenters. The van der Waals surface area contributed by atoms with Crippen LogP contribution in [-0.2, 0) is 11.3 Å². The van der Waals surface area contributed by atoms with Gasteiger partial charge in [-0.05, 0) is 66.9 Å². The Bertz CT molecular complexity index is 1370. The van der Waals surface area contributed by atoms with Crippen LogP contribution in [0.4, 0.5) is 10.1 Å². The Morgan fingerprint density at radius 2 is 1.60 bits per heavy atom. The Balaban J connectivity index is 1.04. The molecular weight excluding hydrogens is 537 g/mol. The summed E-state index contributed by atoms with van der Waals surface area (Å²) in [6.45, 7) is 5.03. The van der Waals surface area contributed by atoms with Crippen LogP contribution in [0.1, 0.15) is 59.0 Å². The molecule has 0 atom stereocenters. The van der Waals surface area contributed by atoms with Crippen LogP contribution in [0.2, 0.25) is 0 Å². The predicted molar refractivity (Wildman–Crippen MR) is 157 cm³/mol. The molecule has 0 bridgehead atoms. The molecule has 0 radical (unpaired) electrons. The average molecular weight is 574 g/mol. The summed E-state index contributed by atoms with van der Waals surface area (Å²) in [6.07, 6.45) is 4.52. The van der Waals surface area contributed by atoms with Crippen molar-refractivity contribution in [2.24, 2.45) is 0 Å². The number of pyridine rings is 1. The topological polar surface area (TPSA) is 104 Å². The second-order valence-corrected chi connectivity index (χ2v) is 10.9. The molecule has 2 aliphatic rings. The minimum atomic E-state index is -0.234. The van der Waals surface area contributed by atoms with E-state index in [1.165, 1.54) is 25.3 Å². The normalized spacial score (nSPS) is 16.6. The zero-order valence-corrected chi connectivity index (χ0v) is 23.7. The van der Waals surface area contributed by atoms with Gasteiger partial charge in [0.1, 0.15) is 23.4 Å². The van der Waals surface area contributed by atoms with E-state index in [1.54, 1.807) is 41.3 Å². The van der Waals surface area contributed by atoms with Gasteiger partial charge in [-0.3, -0.25) is 24.3 Å². The number of carbonyl (C=O) groups is 3. The zero-order chi connectivity index (χ0) is 29.5. The number of piperidine rings is 2. The molecule has 42 heavy (non-hydrogen) atoms. The Labute approximate surface area is 245 Å². The van der Waals surface area contributed by atoms with Crippen molar-refractivity contribution in [2.75, 3.05) is 31.5 Å². The third-order valence-electron chi connectivity index (χ3n) is 7.69. The fourth-order valence-corrected chi connectivity index (χ4v) is 5.36. The quantitative estimate of drug-likeness (QED) is 0.418. The highest BCUT2D eigenvalue weighted by Gasteiger charge is 2.26. The van der Waals surface area contributed by atoms with E-state index in [-0.39, 0.29) is 35.7 Å². The Morgan fingerprint density at radius 3 is 2.21 bits per heavy atom. The van der Waals surface area contributed by atoms with Crippen molar-refractivity contribution >= 4 is 23.4 Å². The number of carbonyl (C=O) groups excluding carboxylic acids is 3. The van der Waals surface area contributed by atoms with Crippen LogP contribution in [0.3, 0.4) is 0 Å². The summed E-state index contributed by atoms with van der Waals surface area (Å²) in [5.41, 5.74) is 2.53. The molecule has 3 heterocycles. The number of likely N-dealkylation sites (tertiary alicyclic amines) is 2. The zero-order valence-electron chi connectivity index (χ0n) is 23.7. The summed E-state index contributed by atoms with van der Waals surface area (Å²) >= 11 is 0. The molecule has 2 aliphatic heterocycles. The lowest BCUT2D eigenvalue weighted by atomic mass is 10.0. The molecular formula is C32H36FN5O4. The Hall–Kier alpha value is -4.31. The highest BCUT2D eigenvalue weighted by Crippen LogP contribution is 2.22. The van der Waals surface area contributed by atoms with E-state index in [2.05, 4.69) is 20.5 Å². The van der Waals surface area contributed by atoms with Gasteiger partial charge < -0.3 is 20.3 Å². The second-order valence-electron chi connectivity index (χ2n) is 10.9. The highest BCUT2D eigenvalue weighted by atomic mass is 19.1. The third kappa shape index (κ3) is 7.91. The number of anilines is 1. The van der Waals surface area contributed by atoms with Crippen LogP contribution in [-0.4, -0.2) is 70.8 Å². The van der Waals surface area contributed by atoms with Gasteiger partial charge >= 0.3 is 0 Å². The smallest absolute Gasteiger partial charge is 0.272 e. The Morgan fingerprint density at radius 1 is 0.905 bits per heavy atom. The fraction of sp³-hybridized carbons (Fsp3) is 0.375. The molecule has 0 saturated carbocycles. The van der Waals surface area contributed by atoms with E-state index in [4.69, 9.17) is 4.74 Å². The highest BCUT2D eigenvalue weighted by molar-refractivity contribution is 5.96. The van der Waals surface area contributed by atoms with Crippen molar-refractivity contribution in [1.82, 2.24) is 20.1 Å². The van der Waals surface area contributed by atoms with Gasteiger partial charge in [-0.25, -0.2) is 4.39 Å². The number of amides is 3. The van der Waals surface area contributed by atoms with Crippen LogP contribution in [0.15, 0.2) is 66.9 Å². The van der Waals surface area contributed by atoms with Gasteiger partial charge in [0, 0.05) is 70.4 Å². The second kappa shape index (κ2) is 13.6. The lowest BCUT2D eigenvalue weighted by molar-refractivity contribution is -0.114. The molecule has 5 rings (SSSR count). The van der Waals surface area contributed by atoms with Crippen LogP contribution in [0, 0.1) is 5.82 Å². The number of hydrogen-bond donors (Lipinski definition) is 2. The molecule has 0 spiro atoms. The maximum atomic E-state index is 13.1. The first-order valence-electron chi connectivity index (χ1n) is 14.4. The van der Waals surface area contributed by atoms with Crippen molar-refractivity contribution in [3.05, 3.63) is 89.5 Å².